The molecule has 1 saturated heterocycles. The van der Waals surface area contributed by atoms with Gasteiger partial charge in [-0.05, 0) is 31.5 Å². The van der Waals surface area contributed by atoms with Gasteiger partial charge in [0.1, 0.15) is 11.4 Å². The average Bonchev–Trinajstić information content (AvgIpc) is 2.30. The summed E-state index contributed by atoms with van der Waals surface area (Å²) in [5.41, 5.74) is -0.243. The quantitative estimate of drug-likeness (QED) is 0.853. The van der Waals surface area contributed by atoms with E-state index in [9.17, 15) is 14.0 Å². The Balaban J connectivity index is 2.25. The maximum atomic E-state index is 13.1. The Morgan fingerprint density at radius 3 is 2.78 bits per heavy atom. The van der Waals surface area contributed by atoms with Crippen LogP contribution in [0, 0.1) is 5.82 Å². The third-order valence-corrected chi connectivity index (χ3v) is 3.16. The lowest BCUT2D eigenvalue weighted by molar-refractivity contribution is -0.152. The average molecular weight is 250 g/mol. The first-order chi connectivity index (χ1) is 8.41. The van der Waals surface area contributed by atoms with Gasteiger partial charge in [0.2, 0.25) is 11.8 Å². The lowest BCUT2D eigenvalue weighted by Crippen LogP contribution is -2.63. The first kappa shape index (κ1) is 12.5. The zero-order valence-corrected chi connectivity index (χ0v) is 10.4. The highest BCUT2D eigenvalue weighted by molar-refractivity contribution is 5.97. The summed E-state index contributed by atoms with van der Waals surface area (Å²) in [6.45, 7) is 3.59. The molecule has 18 heavy (non-hydrogen) atoms. The van der Waals surface area contributed by atoms with Gasteiger partial charge in [-0.15, -0.1) is 0 Å². The minimum Gasteiger partial charge on any atom is -0.345 e. The van der Waals surface area contributed by atoms with Gasteiger partial charge >= 0.3 is 0 Å². The normalized spacial score (nSPS) is 18.7. The van der Waals surface area contributed by atoms with Crippen LogP contribution in [0.3, 0.4) is 0 Å². The van der Waals surface area contributed by atoms with Gasteiger partial charge in [0.25, 0.3) is 0 Å². The van der Waals surface area contributed by atoms with Crippen molar-refractivity contribution in [2.45, 2.75) is 25.9 Å². The second kappa shape index (κ2) is 4.40. The largest absolute Gasteiger partial charge is 0.345 e. The van der Waals surface area contributed by atoms with E-state index in [4.69, 9.17) is 0 Å². The third kappa shape index (κ3) is 2.20. The van der Waals surface area contributed by atoms with Crippen molar-refractivity contribution < 1.29 is 14.0 Å². The second-order valence-corrected chi connectivity index (χ2v) is 4.85. The van der Waals surface area contributed by atoms with Crippen LogP contribution >= 0.6 is 0 Å². The van der Waals surface area contributed by atoms with E-state index in [-0.39, 0.29) is 30.7 Å². The van der Waals surface area contributed by atoms with Gasteiger partial charge in [0.05, 0.1) is 6.54 Å². The van der Waals surface area contributed by atoms with Crippen LogP contribution in [0.5, 0.6) is 0 Å². The highest BCUT2D eigenvalue weighted by Gasteiger charge is 2.41. The summed E-state index contributed by atoms with van der Waals surface area (Å²) in [6.07, 6.45) is 0. The topological polar surface area (TPSA) is 49.4 Å². The number of nitrogens with zero attached hydrogens (tertiary/aromatic N) is 1. The van der Waals surface area contributed by atoms with Gasteiger partial charge in [-0.3, -0.25) is 9.59 Å². The number of nitrogens with one attached hydrogen (secondary N) is 1. The van der Waals surface area contributed by atoms with Crippen molar-refractivity contribution in [2.24, 2.45) is 0 Å². The molecule has 1 aromatic carbocycles. The van der Waals surface area contributed by atoms with Crippen LogP contribution in [0.4, 0.5) is 4.39 Å². The molecular formula is C13H15FN2O2. The van der Waals surface area contributed by atoms with Gasteiger partial charge in [0, 0.05) is 6.54 Å². The number of hydrogen-bond acceptors (Lipinski definition) is 2. The molecule has 0 saturated carbocycles. The lowest BCUT2D eigenvalue weighted by Gasteiger charge is -2.41. The van der Waals surface area contributed by atoms with Crippen molar-refractivity contribution in [1.29, 1.82) is 0 Å². The summed E-state index contributed by atoms with van der Waals surface area (Å²) in [7, 11) is 0. The summed E-state index contributed by atoms with van der Waals surface area (Å²) in [5, 5.41) is 2.54. The van der Waals surface area contributed by atoms with E-state index in [1.807, 2.05) is 0 Å². The van der Waals surface area contributed by atoms with Gasteiger partial charge in [-0.2, -0.15) is 0 Å². The van der Waals surface area contributed by atoms with E-state index >= 15 is 0 Å². The first-order valence-electron chi connectivity index (χ1n) is 5.74. The third-order valence-electron chi connectivity index (χ3n) is 3.16. The summed E-state index contributed by atoms with van der Waals surface area (Å²) in [5.74, 6) is -0.707. The fraction of sp³-hybridized carbons (Fsp3) is 0.385. The molecule has 2 rings (SSSR count). The van der Waals surface area contributed by atoms with E-state index < -0.39 is 5.54 Å². The van der Waals surface area contributed by atoms with Crippen LogP contribution in [-0.4, -0.2) is 28.8 Å². The standard InChI is InChI=1S/C13H15FN2O2/c1-13(2)12(18)15-7-11(17)16(13)8-9-4-3-5-10(14)6-9/h3-6H,7-8H2,1-2H3,(H,15,18). The maximum Gasteiger partial charge on any atom is 0.245 e. The Kier molecular flexibility index (Phi) is 3.07. The Morgan fingerprint density at radius 2 is 2.11 bits per heavy atom. The predicted octanol–water partition coefficient (Wildman–Crippen LogP) is 1.06. The summed E-state index contributed by atoms with van der Waals surface area (Å²) >= 11 is 0. The van der Waals surface area contributed by atoms with Crippen LogP contribution in [0.2, 0.25) is 0 Å². The van der Waals surface area contributed by atoms with Crippen LogP contribution in [-0.2, 0) is 16.1 Å². The molecule has 1 heterocycles. The summed E-state index contributed by atoms with van der Waals surface area (Å²) < 4.78 is 13.1. The monoisotopic (exact) mass is 250 g/mol. The summed E-state index contributed by atoms with van der Waals surface area (Å²) in [6, 6.07) is 6.04. The molecule has 4 nitrogen and oxygen atoms in total. The molecule has 0 unspecified atom stereocenters. The summed E-state index contributed by atoms with van der Waals surface area (Å²) in [4.78, 5) is 25.1. The molecule has 0 spiro atoms. The van der Waals surface area contributed by atoms with E-state index in [1.165, 1.54) is 17.0 Å². The van der Waals surface area contributed by atoms with Gasteiger partial charge in [-0.1, -0.05) is 12.1 Å². The van der Waals surface area contributed by atoms with E-state index in [1.54, 1.807) is 26.0 Å². The number of carbonyl (C=O) groups is 2. The van der Waals surface area contributed by atoms with Gasteiger partial charge in [-0.25, -0.2) is 4.39 Å². The van der Waals surface area contributed by atoms with Crippen molar-refractivity contribution in [1.82, 2.24) is 10.2 Å². The molecule has 1 fully saturated rings. The smallest absolute Gasteiger partial charge is 0.245 e. The molecule has 1 aliphatic heterocycles. The van der Waals surface area contributed by atoms with Crippen molar-refractivity contribution in [2.75, 3.05) is 6.54 Å². The highest BCUT2D eigenvalue weighted by atomic mass is 19.1. The molecule has 1 N–H and O–H groups in total. The molecule has 96 valence electrons. The van der Waals surface area contributed by atoms with Gasteiger partial charge in [0.15, 0.2) is 0 Å². The number of piperazine rings is 1. The Morgan fingerprint density at radius 1 is 1.39 bits per heavy atom. The van der Waals surface area contributed by atoms with Crippen molar-refractivity contribution in [3.8, 4) is 0 Å². The molecule has 0 atom stereocenters. The molecule has 1 aromatic rings. The van der Waals surface area contributed by atoms with Gasteiger partial charge < -0.3 is 10.2 Å². The SMILES string of the molecule is CC1(C)C(=O)NCC(=O)N1Cc1cccc(F)c1. The molecular weight excluding hydrogens is 235 g/mol. The number of carbonyl (C=O) groups excluding carboxylic acids is 2. The molecule has 0 aromatic heterocycles. The van der Waals surface area contributed by atoms with Crippen LogP contribution in [0.25, 0.3) is 0 Å². The molecule has 5 heteroatoms. The highest BCUT2D eigenvalue weighted by Crippen LogP contribution is 2.21. The number of rotatable bonds is 2. The Labute approximate surface area is 105 Å². The van der Waals surface area contributed by atoms with Crippen molar-refractivity contribution >= 4 is 11.8 Å². The Hall–Kier alpha value is -1.91. The molecule has 1 aliphatic rings. The van der Waals surface area contributed by atoms with Crippen LogP contribution in [0.15, 0.2) is 24.3 Å². The fourth-order valence-electron chi connectivity index (χ4n) is 2.01. The van der Waals surface area contributed by atoms with E-state index in [0.717, 1.165) is 0 Å². The van der Waals surface area contributed by atoms with Crippen molar-refractivity contribution in [3.05, 3.63) is 35.6 Å². The first-order valence-corrected chi connectivity index (χ1v) is 5.74. The van der Waals surface area contributed by atoms with Crippen LogP contribution in [0.1, 0.15) is 19.4 Å². The molecule has 0 aliphatic carbocycles. The zero-order valence-electron chi connectivity index (χ0n) is 10.4. The van der Waals surface area contributed by atoms with Crippen molar-refractivity contribution in [3.63, 3.8) is 0 Å². The molecule has 0 radical (unpaired) electrons. The predicted molar refractivity (Wildman–Crippen MR) is 64.0 cm³/mol. The van der Waals surface area contributed by atoms with Crippen LogP contribution < -0.4 is 5.32 Å². The fourth-order valence-corrected chi connectivity index (χ4v) is 2.01. The Bertz CT molecular complexity index is 500. The molecule has 0 bridgehead atoms. The zero-order chi connectivity index (χ0) is 13.3. The van der Waals surface area contributed by atoms with E-state index in [0.29, 0.717) is 5.56 Å². The molecule has 2 amide bonds. The minimum absolute atomic E-state index is 0.00240. The number of amides is 2. The second-order valence-electron chi connectivity index (χ2n) is 4.85. The number of benzene rings is 1. The number of halogens is 1. The minimum atomic E-state index is -0.915. The lowest BCUT2D eigenvalue weighted by atomic mass is 9.97. The number of hydrogen-bond donors (Lipinski definition) is 1. The maximum absolute atomic E-state index is 13.1. The van der Waals surface area contributed by atoms with E-state index in [2.05, 4.69) is 5.32 Å².